The number of hydrogen-bond donors (Lipinski definition) is 2. The molecule has 0 radical (unpaired) electrons. The molecule has 6 heteroatoms. The van der Waals surface area contributed by atoms with Crippen molar-refractivity contribution in [3.05, 3.63) is 24.0 Å². The van der Waals surface area contributed by atoms with Crippen LogP contribution in [0.2, 0.25) is 0 Å². The van der Waals surface area contributed by atoms with Crippen LogP contribution in [0.25, 0.3) is 0 Å². The normalized spacial score (nSPS) is 9.94. The van der Waals surface area contributed by atoms with Crippen LogP contribution < -0.4 is 10.6 Å². The molecule has 0 aromatic carbocycles. The number of rotatable bonds is 5. The Labute approximate surface area is 107 Å². The molecule has 0 saturated carbocycles. The molecule has 3 N–H and O–H groups in total. The Kier molecular flexibility index (Phi) is 4.65. The SMILES string of the molecule is CN(C)C(=O)c1cc(N(C)CCC(=N)N)ccn1. The number of nitrogens with one attached hydrogen (secondary N) is 1. The first-order valence-electron chi connectivity index (χ1n) is 5.63. The molecule has 0 bridgehead atoms. The van der Waals surface area contributed by atoms with Crippen molar-refractivity contribution < 1.29 is 4.79 Å². The minimum absolute atomic E-state index is 0.128. The molecule has 0 aliphatic rings. The molecule has 1 amide bonds. The summed E-state index contributed by atoms with van der Waals surface area (Å²) in [6, 6.07) is 3.56. The summed E-state index contributed by atoms with van der Waals surface area (Å²) in [7, 11) is 5.27. The number of nitrogens with two attached hydrogens (primary N) is 1. The first kappa shape index (κ1) is 14.0. The van der Waals surface area contributed by atoms with Gasteiger partial charge in [-0.1, -0.05) is 0 Å². The Morgan fingerprint density at radius 1 is 1.44 bits per heavy atom. The molecule has 1 aromatic rings. The summed E-state index contributed by atoms with van der Waals surface area (Å²) in [6.07, 6.45) is 2.10. The van der Waals surface area contributed by atoms with Crippen molar-refractivity contribution in [2.75, 3.05) is 32.6 Å². The largest absolute Gasteiger partial charge is 0.388 e. The average molecular weight is 249 g/mol. The van der Waals surface area contributed by atoms with E-state index < -0.39 is 0 Å². The lowest BCUT2D eigenvalue weighted by Gasteiger charge is -2.19. The highest BCUT2D eigenvalue weighted by Crippen LogP contribution is 2.13. The highest BCUT2D eigenvalue weighted by molar-refractivity contribution is 5.92. The molecule has 0 atom stereocenters. The Morgan fingerprint density at radius 2 is 2.11 bits per heavy atom. The van der Waals surface area contributed by atoms with E-state index in [2.05, 4.69) is 4.98 Å². The van der Waals surface area contributed by atoms with E-state index in [1.807, 2.05) is 18.0 Å². The smallest absolute Gasteiger partial charge is 0.272 e. The Hall–Kier alpha value is -2.11. The predicted octanol–water partition coefficient (Wildman–Crippen LogP) is 0.546. The van der Waals surface area contributed by atoms with Crippen molar-refractivity contribution in [2.24, 2.45) is 5.73 Å². The summed E-state index contributed by atoms with van der Waals surface area (Å²) >= 11 is 0. The zero-order valence-electron chi connectivity index (χ0n) is 11.0. The first-order chi connectivity index (χ1) is 8.41. The molecular formula is C12H19N5O. The van der Waals surface area contributed by atoms with Gasteiger partial charge >= 0.3 is 0 Å². The Morgan fingerprint density at radius 3 is 2.67 bits per heavy atom. The van der Waals surface area contributed by atoms with Gasteiger partial charge < -0.3 is 15.5 Å². The van der Waals surface area contributed by atoms with E-state index in [9.17, 15) is 4.79 Å². The summed E-state index contributed by atoms with van der Waals surface area (Å²) in [4.78, 5) is 19.3. The zero-order chi connectivity index (χ0) is 13.7. The van der Waals surface area contributed by atoms with Crippen LogP contribution in [0.3, 0.4) is 0 Å². The molecule has 0 fully saturated rings. The van der Waals surface area contributed by atoms with Crippen molar-refractivity contribution in [3.63, 3.8) is 0 Å². The molecule has 98 valence electrons. The quantitative estimate of drug-likeness (QED) is 0.589. The molecular weight excluding hydrogens is 230 g/mol. The molecule has 6 nitrogen and oxygen atoms in total. The van der Waals surface area contributed by atoms with Gasteiger partial charge in [0, 0.05) is 46.0 Å². The number of amides is 1. The van der Waals surface area contributed by atoms with Gasteiger partial charge in [0.25, 0.3) is 5.91 Å². The van der Waals surface area contributed by atoms with Crippen molar-refractivity contribution in [2.45, 2.75) is 6.42 Å². The monoisotopic (exact) mass is 249 g/mol. The van der Waals surface area contributed by atoms with Crippen LogP contribution in [0, 0.1) is 5.41 Å². The van der Waals surface area contributed by atoms with Gasteiger partial charge in [-0.15, -0.1) is 0 Å². The maximum Gasteiger partial charge on any atom is 0.272 e. The van der Waals surface area contributed by atoms with E-state index in [1.165, 1.54) is 4.90 Å². The molecule has 18 heavy (non-hydrogen) atoms. The maximum absolute atomic E-state index is 11.8. The lowest BCUT2D eigenvalue weighted by molar-refractivity contribution is 0.0822. The molecule has 1 heterocycles. The van der Waals surface area contributed by atoms with Crippen molar-refractivity contribution in [1.82, 2.24) is 9.88 Å². The third kappa shape index (κ3) is 3.73. The minimum atomic E-state index is -0.128. The number of amidine groups is 1. The van der Waals surface area contributed by atoms with E-state index in [1.54, 1.807) is 26.4 Å². The maximum atomic E-state index is 11.8. The van der Waals surface area contributed by atoms with Crippen LogP contribution in [0.1, 0.15) is 16.9 Å². The fraction of sp³-hybridized carbons (Fsp3) is 0.417. The molecule has 0 aliphatic carbocycles. The second kappa shape index (κ2) is 6.00. The van der Waals surface area contributed by atoms with Crippen LogP contribution in [-0.2, 0) is 0 Å². The Balaban J connectivity index is 2.81. The van der Waals surface area contributed by atoms with Gasteiger partial charge in [-0.05, 0) is 12.1 Å². The number of carbonyl (C=O) groups excluding carboxylic acids is 1. The number of anilines is 1. The average Bonchev–Trinajstić information content (AvgIpc) is 2.34. The predicted molar refractivity (Wildman–Crippen MR) is 72.1 cm³/mol. The van der Waals surface area contributed by atoms with Gasteiger partial charge in [0.1, 0.15) is 5.69 Å². The summed E-state index contributed by atoms with van der Waals surface area (Å²) in [6.45, 7) is 0.634. The second-order valence-corrected chi connectivity index (χ2v) is 4.30. The van der Waals surface area contributed by atoms with Gasteiger partial charge in [-0.25, -0.2) is 0 Å². The summed E-state index contributed by atoms with van der Waals surface area (Å²) in [5.41, 5.74) is 6.62. The highest BCUT2D eigenvalue weighted by atomic mass is 16.2. The fourth-order valence-corrected chi connectivity index (χ4v) is 1.42. The van der Waals surface area contributed by atoms with Gasteiger partial charge in [0.15, 0.2) is 0 Å². The number of carbonyl (C=O) groups is 1. The summed E-state index contributed by atoms with van der Waals surface area (Å²) in [5.74, 6) is 0.0253. The second-order valence-electron chi connectivity index (χ2n) is 4.30. The van der Waals surface area contributed by atoms with E-state index in [0.717, 1.165) is 5.69 Å². The molecule has 1 rings (SSSR count). The minimum Gasteiger partial charge on any atom is -0.388 e. The van der Waals surface area contributed by atoms with Crippen LogP contribution >= 0.6 is 0 Å². The first-order valence-corrected chi connectivity index (χ1v) is 5.63. The van der Waals surface area contributed by atoms with Crippen LogP contribution in [0.4, 0.5) is 5.69 Å². The molecule has 0 aliphatic heterocycles. The van der Waals surface area contributed by atoms with Crippen LogP contribution in [0.15, 0.2) is 18.3 Å². The molecule has 0 saturated heterocycles. The zero-order valence-corrected chi connectivity index (χ0v) is 11.0. The molecule has 0 unspecified atom stereocenters. The number of pyridine rings is 1. The number of nitrogens with zero attached hydrogens (tertiary/aromatic N) is 3. The fourth-order valence-electron chi connectivity index (χ4n) is 1.42. The highest BCUT2D eigenvalue weighted by Gasteiger charge is 2.11. The van der Waals surface area contributed by atoms with E-state index in [4.69, 9.17) is 11.1 Å². The third-order valence-corrected chi connectivity index (χ3v) is 2.53. The van der Waals surface area contributed by atoms with Crippen LogP contribution in [0.5, 0.6) is 0 Å². The van der Waals surface area contributed by atoms with Crippen molar-refractivity contribution in [1.29, 1.82) is 5.41 Å². The lowest BCUT2D eigenvalue weighted by Crippen LogP contribution is -2.25. The van der Waals surface area contributed by atoms with Gasteiger partial charge in [-0.3, -0.25) is 15.2 Å². The van der Waals surface area contributed by atoms with E-state index >= 15 is 0 Å². The lowest BCUT2D eigenvalue weighted by atomic mass is 10.2. The summed E-state index contributed by atoms with van der Waals surface area (Å²) in [5, 5.41) is 7.19. The molecule has 1 aromatic heterocycles. The van der Waals surface area contributed by atoms with E-state index in [0.29, 0.717) is 18.7 Å². The van der Waals surface area contributed by atoms with Gasteiger partial charge in [0.05, 0.1) is 5.84 Å². The van der Waals surface area contributed by atoms with Crippen molar-refractivity contribution in [3.8, 4) is 0 Å². The third-order valence-electron chi connectivity index (χ3n) is 2.53. The topological polar surface area (TPSA) is 86.3 Å². The Bertz CT molecular complexity index is 444. The summed E-state index contributed by atoms with van der Waals surface area (Å²) < 4.78 is 0. The van der Waals surface area contributed by atoms with Crippen LogP contribution in [-0.4, -0.2) is 49.3 Å². The van der Waals surface area contributed by atoms with Gasteiger partial charge in [-0.2, -0.15) is 0 Å². The molecule has 0 spiro atoms. The van der Waals surface area contributed by atoms with Crippen molar-refractivity contribution >= 4 is 17.4 Å². The number of aromatic nitrogens is 1. The number of hydrogen-bond acceptors (Lipinski definition) is 4. The van der Waals surface area contributed by atoms with Gasteiger partial charge in [0.2, 0.25) is 0 Å². The van der Waals surface area contributed by atoms with E-state index in [-0.39, 0.29) is 11.7 Å². The standard InChI is InChI=1S/C12H19N5O/c1-16(2)12(18)10-8-9(4-6-15-10)17(3)7-5-11(13)14/h4,6,8H,5,7H2,1-3H3,(H3,13,14).